The Morgan fingerprint density at radius 2 is 2.19 bits per heavy atom. The van der Waals surface area contributed by atoms with Crippen LogP contribution in [0.25, 0.3) is 10.9 Å². The molecule has 1 aromatic heterocycles. The molecular weight excluding hydrogens is 209 g/mol. The average Bonchev–Trinajstić information content (AvgIpc) is 2.26. The van der Waals surface area contributed by atoms with E-state index in [1.165, 1.54) is 25.4 Å². The zero-order valence-electron chi connectivity index (χ0n) is 8.95. The van der Waals surface area contributed by atoms with Crippen molar-refractivity contribution in [3.63, 3.8) is 0 Å². The van der Waals surface area contributed by atoms with Crippen molar-refractivity contribution in [1.29, 1.82) is 0 Å². The van der Waals surface area contributed by atoms with Crippen LogP contribution in [0.2, 0.25) is 0 Å². The van der Waals surface area contributed by atoms with Gasteiger partial charge < -0.3 is 4.74 Å². The molecule has 0 N–H and O–H groups in total. The Kier molecular flexibility index (Phi) is 2.56. The minimum absolute atomic E-state index is 0.362. The third kappa shape index (κ3) is 1.62. The number of benzene rings is 1. The summed E-state index contributed by atoms with van der Waals surface area (Å²) in [5.74, 6) is -0.804. The highest BCUT2D eigenvalue weighted by molar-refractivity contribution is 6.04. The quantitative estimate of drug-likeness (QED) is 0.691. The fourth-order valence-corrected chi connectivity index (χ4v) is 1.73. The van der Waals surface area contributed by atoms with Crippen LogP contribution in [0, 0.1) is 12.7 Å². The maximum atomic E-state index is 13.2. The van der Waals surface area contributed by atoms with Crippen molar-refractivity contribution >= 4 is 16.9 Å². The van der Waals surface area contributed by atoms with Crippen molar-refractivity contribution < 1.29 is 13.9 Å². The summed E-state index contributed by atoms with van der Waals surface area (Å²) in [6.45, 7) is 1.74. The number of aromatic nitrogens is 1. The summed E-state index contributed by atoms with van der Waals surface area (Å²) >= 11 is 0. The molecule has 16 heavy (non-hydrogen) atoms. The second-order valence-electron chi connectivity index (χ2n) is 3.47. The van der Waals surface area contributed by atoms with E-state index in [0.29, 0.717) is 22.0 Å². The largest absolute Gasteiger partial charge is 0.465 e. The minimum atomic E-state index is -0.442. The van der Waals surface area contributed by atoms with E-state index in [9.17, 15) is 9.18 Å². The molecule has 82 valence electrons. The van der Waals surface area contributed by atoms with Gasteiger partial charge in [-0.15, -0.1) is 0 Å². The molecule has 2 rings (SSSR count). The molecule has 0 amide bonds. The minimum Gasteiger partial charge on any atom is -0.465 e. The van der Waals surface area contributed by atoms with Crippen molar-refractivity contribution in [3.05, 3.63) is 41.3 Å². The number of pyridine rings is 1. The summed E-state index contributed by atoms with van der Waals surface area (Å²) in [5.41, 5.74) is 1.54. The molecule has 3 nitrogen and oxygen atoms in total. The smallest absolute Gasteiger partial charge is 0.338 e. The van der Waals surface area contributed by atoms with Crippen molar-refractivity contribution in [2.75, 3.05) is 7.11 Å². The van der Waals surface area contributed by atoms with E-state index < -0.39 is 5.97 Å². The Morgan fingerprint density at radius 1 is 1.44 bits per heavy atom. The van der Waals surface area contributed by atoms with Gasteiger partial charge in [-0.1, -0.05) is 0 Å². The van der Waals surface area contributed by atoms with Crippen LogP contribution in [0.4, 0.5) is 4.39 Å². The summed E-state index contributed by atoms with van der Waals surface area (Å²) in [6.07, 6.45) is 1.47. The molecule has 0 aliphatic carbocycles. The van der Waals surface area contributed by atoms with Crippen LogP contribution < -0.4 is 0 Å². The van der Waals surface area contributed by atoms with Crippen LogP contribution in [0.3, 0.4) is 0 Å². The number of hydrogen-bond donors (Lipinski definition) is 0. The zero-order chi connectivity index (χ0) is 11.7. The van der Waals surface area contributed by atoms with Gasteiger partial charge in [0.1, 0.15) is 5.82 Å². The summed E-state index contributed by atoms with van der Waals surface area (Å²) < 4.78 is 17.8. The molecule has 2 aromatic rings. The fraction of sp³-hybridized carbons (Fsp3) is 0.167. The lowest BCUT2D eigenvalue weighted by Gasteiger charge is -2.06. The molecule has 1 heterocycles. The maximum absolute atomic E-state index is 13.2. The lowest BCUT2D eigenvalue weighted by molar-refractivity contribution is 0.0603. The van der Waals surface area contributed by atoms with Crippen LogP contribution in [-0.2, 0) is 4.74 Å². The van der Waals surface area contributed by atoms with Gasteiger partial charge in [-0.25, -0.2) is 9.18 Å². The van der Waals surface area contributed by atoms with E-state index >= 15 is 0 Å². The van der Waals surface area contributed by atoms with Crippen LogP contribution in [0.1, 0.15) is 15.9 Å². The molecule has 0 unspecified atom stereocenters. The normalized spacial score (nSPS) is 10.4. The average molecular weight is 219 g/mol. The van der Waals surface area contributed by atoms with Crippen molar-refractivity contribution in [3.8, 4) is 0 Å². The molecule has 0 spiro atoms. The van der Waals surface area contributed by atoms with Gasteiger partial charge in [0.05, 0.1) is 18.2 Å². The summed E-state index contributed by atoms with van der Waals surface area (Å²) in [4.78, 5) is 15.6. The SMILES string of the molecule is COC(=O)c1ccnc2cc(F)cc(C)c12. The monoisotopic (exact) mass is 219 g/mol. The molecule has 0 aliphatic rings. The highest BCUT2D eigenvalue weighted by atomic mass is 19.1. The van der Waals surface area contributed by atoms with Gasteiger partial charge in [0, 0.05) is 17.6 Å². The highest BCUT2D eigenvalue weighted by Gasteiger charge is 2.13. The van der Waals surface area contributed by atoms with E-state index in [4.69, 9.17) is 0 Å². The van der Waals surface area contributed by atoms with Crippen molar-refractivity contribution in [2.45, 2.75) is 6.92 Å². The molecule has 0 aliphatic heterocycles. The number of hydrogen-bond acceptors (Lipinski definition) is 3. The molecule has 0 saturated carbocycles. The van der Waals surface area contributed by atoms with Gasteiger partial charge in [0.15, 0.2) is 0 Å². The summed E-state index contributed by atoms with van der Waals surface area (Å²) in [7, 11) is 1.31. The Bertz CT molecular complexity index is 566. The number of methoxy groups -OCH3 is 1. The fourth-order valence-electron chi connectivity index (χ4n) is 1.73. The Morgan fingerprint density at radius 3 is 2.88 bits per heavy atom. The van der Waals surface area contributed by atoms with E-state index in [-0.39, 0.29) is 5.82 Å². The third-order valence-electron chi connectivity index (χ3n) is 2.41. The topological polar surface area (TPSA) is 39.2 Å². The molecule has 0 radical (unpaired) electrons. The van der Waals surface area contributed by atoms with E-state index in [1.54, 1.807) is 13.0 Å². The molecule has 1 aromatic carbocycles. The van der Waals surface area contributed by atoms with Crippen LogP contribution in [0.15, 0.2) is 24.4 Å². The first kappa shape index (κ1) is 10.5. The lowest BCUT2D eigenvalue weighted by atomic mass is 10.0. The number of halogens is 1. The van der Waals surface area contributed by atoms with Gasteiger partial charge in [0.25, 0.3) is 0 Å². The number of ether oxygens (including phenoxy) is 1. The lowest BCUT2D eigenvalue weighted by Crippen LogP contribution is -2.03. The molecular formula is C12H10FNO2. The van der Waals surface area contributed by atoms with E-state index in [1.807, 2.05) is 0 Å². The predicted octanol–water partition coefficient (Wildman–Crippen LogP) is 2.47. The number of nitrogens with zero attached hydrogens (tertiary/aromatic N) is 1. The van der Waals surface area contributed by atoms with Gasteiger partial charge >= 0.3 is 5.97 Å². The van der Waals surface area contributed by atoms with E-state index in [2.05, 4.69) is 9.72 Å². The first-order chi connectivity index (χ1) is 7.63. The summed E-state index contributed by atoms with van der Waals surface area (Å²) in [5, 5.41) is 0.635. The Hall–Kier alpha value is -1.97. The molecule has 0 bridgehead atoms. The maximum Gasteiger partial charge on any atom is 0.338 e. The molecule has 0 atom stereocenters. The van der Waals surface area contributed by atoms with Crippen molar-refractivity contribution in [1.82, 2.24) is 4.98 Å². The number of fused-ring (bicyclic) bond motifs is 1. The number of carbonyl (C=O) groups excluding carboxylic acids is 1. The summed E-state index contributed by atoms with van der Waals surface area (Å²) in [6, 6.07) is 4.24. The number of aryl methyl sites for hydroxylation is 1. The third-order valence-corrected chi connectivity index (χ3v) is 2.41. The Labute approximate surface area is 91.9 Å². The number of esters is 1. The van der Waals surface area contributed by atoms with Crippen LogP contribution >= 0.6 is 0 Å². The van der Waals surface area contributed by atoms with Crippen LogP contribution in [0.5, 0.6) is 0 Å². The van der Waals surface area contributed by atoms with E-state index in [0.717, 1.165) is 0 Å². The van der Waals surface area contributed by atoms with Crippen LogP contribution in [-0.4, -0.2) is 18.1 Å². The highest BCUT2D eigenvalue weighted by Crippen LogP contribution is 2.22. The van der Waals surface area contributed by atoms with Crippen molar-refractivity contribution in [2.24, 2.45) is 0 Å². The second kappa shape index (κ2) is 3.89. The molecule has 0 fully saturated rings. The van der Waals surface area contributed by atoms with Gasteiger partial charge in [-0.2, -0.15) is 0 Å². The van der Waals surface area contributed by atoms with Gasteiger partial charge in [0.2, 0.25) is 0 Å². The number of carbonyl (C=O) groups is 1. The standard InChI is InChI=1S/C12H10FNO2/c1-7-5-8(13)6-10-11(7)9(3-4-14-10)12(15)16-2/h3-6H,1-2H3. The Balaban J connectivity index is 2.81. The number of rotatable bonds is 1. The first-order valence-corrected chi connectivity index (χ1v) is 4.76. The second-order valence-corrected chi connectivity index (χ2v) is 3.47. The molecule has 0 saturated heterocycles. The van der Waals surface area contributed by atoms with Gasteiger partial charge in [-0.3, -0.25) is 4.98 Å². The van der Waals surface area contributed by atoms with Gasteiger partial charge in [-0.05, 0) is 24.6 Å². The predicted molar refractivity (Wildman–Crippen MR) is 57.8 cm³/mol. The first-order valence-electron chi connectivity index (χ1n) is 4.76. The molecule has 4 heteroatoms. The zero-order valence-corrected chi connectivity index (χ0v) is 8.95.